The van der Waals surface area contributed by atoms with Crippen molar-refractivity contribution in [2.75, 3.05) is 11.9 Å². The highest BCUT2D eigenvalue weighted by Gasteiger charge is 2.05. The zero-order valence-corrected chi connectivity index (χ0v) is 11.2. The number of aryl methyl sites for hydroxylation is 1. The Labute approximate surface area is 116 Å². The van der Waals surface area contributed by atoms with Crippen LogP contribution in [0.4, 0.5) is 5.69 Å². The van der Waals surface area contributed by atoms with Gasteiger partial charge in [-0.05, 0) is 31.2 Å². The molecule has 0 aliphatic rings. The first-order valence-electron chi connectivity index (χ1n) is 5.88. The Hall–Kier alpha value is -2.01. The van der Waals surface area contributed by atoms with E-state index in [0.29, 0.717) is 16.5 Å². The van der Waals surface area contributed by atoms with E-state index in [9.17, 15) is 4.79 Å². The third-order valence-electron chi connectivity index (χ3n) is 2.43. The lowest BCUT2D eigenvalue weighted by Crippen LogP contribution is -2.19. The van der Waals surface area contributed by atoms with Crippen molar-refractivity contribution < 1.29 is 9.53 Å². The first-order valence-corrected chi connectivity index (χ1v) is 6.26. The van der Waals surface area contributed by atoms with Crippen LogP contribution in [0.5, 0.6) is 5.75 Å². The molecule has 0 unspecified atom stereocenters. The van der Waals surface area contributed by atoms with E-state index in [4.69, 9.17) is 16.3 Å². The smallest absolute Gasteiger partial charge is 0.262 e. The molecule has 2 aromatic rings. The summed E-state index contributed by atoms with van der Waals surface area (Å²) in [6, 6.07) is 6.89. The maximum atomic E-state index is 11.7. The van der Waals surface area contributed by atoms with Crippen molar-refractivity contribution in [1.29, 1.82) is 0 Å². The Morgan fingerprint density at radius 1 is 1.42 bits per heavy atom. The number of nitrogens with zero attached hydrogens (tertiary/aromatic N) is 2. The van der Waals surface area contributed by atoms with Crippen molar-refractivity contribution in [2.45, 2.75) is 13.5 Å². The molecule has 0 spiro atoms. The van der Waals surface area contributed by atoms with Crippen LogP contribution in [0.1, 0.15) is 6.92 Å². The number of anilines is 1. The average molecular weight is 280 g/mol. The summed E-state index contributed by atoms with van der Waals surface area (Å²) in [6.45, 7) is 2.68. The van der Waals surface area contributed by atoms with Gasteiger partial charge in [-0.15, -0.1) is 0 Å². The molecule has 0 radical (unpaired) electrons. The average Bonchev–Trinajstić information content (AvgIpc) is 2.87. The number of nitrogens with one attached hydrogen (secondary N) is 1. The summed E-state index contributed by atoms with van der Waals surface area (Å²) >= 11 is 5.76. The highest BCUT2D eigenvalue weighted by atomic mass is 35.5. The molecule has 19 heavy (non-hydrogen) atoms. The molecule has 0 saturated heterocycles. The second-order valence-electron chi connectivity index (χ2n) is 3.88. The number of ether oxygens (including phenoxy) is 1. The predicted molar refractivity (Wildman–Crippen MR) is 73.5 cm³/mol. The lowest BCUT2D eigenvalue weighted by atomic mass is 10.3. The van der Waals surface area contributed by atoms with Gasteiger partial charge >= 0.3 is 0 Å². The van der Waals surface area contributed by atoms with Gasteiger partial charge in [-0.25, -0.2) is 0 Å². The van der Waals surface area contributed by atoms with Gasteiger partial charge in [0.05, 0.1) is 12.4 Å². The van der Waals surface area contributed by atoms with Crippen molar-refractivity contribution >= 4 is 23.2 Å². The molecule has 0 aliphatic heterocycles. The molecule has 1 aromatic carbocycles. The van der Waals surface area contributed by atoms with Gasteiger partial charge in [0.2, 0.25) is 0 Å². The Kier molecular flexibility index (Phi) is 4.41. The molecule has 100 valence electrons. The minimum atomic E-state index is -0.230. The molecular weight excluding hydrogens is 266 g/mol. The van der Waals surface area contributed by atoms with E-state index < -0.39 is 0 Å². The van der Waals surface area contributed by atoms with Crippen LogP contribution in [-0.2, 0) is 11.3 Å². The number of carbonyl (C=O) groups is 1. The molecule has 5 nitrogen and oxygen atoms in total. The van der Waals surface area contributed by atoms with Gasteiger partial charge in [-0.1, -0.05) is 11.6 Å². The Balaban J connectivity index is 1.82. The van der Waals surface area contributed by atoms with E-state index >= 15 is 0 Å². The number of hydrogen-bond donors (Lipinski definition) is 1. The van der Waals surface area contributed by atoms with Gasteiger partial charge in [0.1, 0.15) is 0 Å². The van der Waals surface area contributed by atoms with Gasteiger partial charge in [0.25, 0.3) is 5.91 Å². The lowest BCUT2D eigenvalue weighted by molar-refractivity contribution is -0.118. The highest BCUT2D eigenvalue weighted by Crippen LogP contribution is 2.13. The molecule has 0 atom stereocenters. The van der Waals surface area contributed by atoms with Gasteiger partial charge in [0, 0.05) is 17.3 Å². The minimum Gasteiger partial charge on any atom is -0.480 e. The fraction of sp³-hybridized carbons (Fsp3) is 0.231. The standard InChI is InChI=1S/C13H14ClN3O2/c1-2-17-8-12(7-15-17)19-9-13(18)16-11-5-3-10(14)4-6-11/h3-8H,2,9H2,1H3,(H,16,18). The maximum Gasteiger partial charge on any atom is 0.262 e. The van der Waals surface area contributed by atoms with Crippen molar-refractivity contribution in [3.8, 4) is 5.75 Å². The Morgan fingerprint density at radius 2 is 2.16 bits per heavy atom. The quantitative estimate of drug-likeness (QED) is 0.915. The third-order valence-corrected chi connectivity index (χ3v) is 2.68. The van der Waals surface area contributed by atoms with Crippen molar-refractivity contribution in [3.05, 3.63) is 41.7 Å². The highest BCUT2D eigenvalue weighted by molar-refractivity contribution is 6.30. The summed E-state index contributed by atoms with van der Waals surface area (Å²) < 4.78 is 7.05. The minimum absolute atomic E-state index is 0.0575. The van der Waals surface area contributed by atoms with E-state index in [1.165, 1.54) is 0 Å². The van der Waals surface area contributed by atoms with Crippen LogP contribution in [0.25, 0.3) is 0 Å². The first kappa shape index (κ1) is 13.4. The van der Waals surface area contributed by atoms with E-state index in [1.54, 1.807) is 41.3 Å². The number of benzene rings is 1. The topological polar surface area (TPSA) is 56.1 Å². The van der Waals surface area contributed by atoms with E-state index in [-0.39, 0.29) is 12.5 Å². The zero-order valence-electron chi connectivity index (χ0n) is 10.5. The fourth-order valence-electron chi connectivity index (χ4n) is 1.47. The van der Waals surface area contributed by atoms with Gasteiger partial charge in [-0.2, -0.15) is 5.10 Å². The van der Waals surface area contributed by atoms with Crippen LogP contribution in [-0.4, -0.2) is 22.3 Å². The summed E-state index contributed by atoms with van der Waals surface area (Å²) in [6.07, 6.45) is 3.33. The summed E-state index contributed by atoms with van der Waals surface area (Å²) in [5.74, 6) is 0.347. The zero-order chi connectivity index (χ0) is 13.7. The first-order chi connectivity index (χ1) is 9.17. The Morgan fingerprint density at radius 3 is 2.79 bits per heavy atom. The number of amides is 1. The number of rotatable bonds is 5. The Bertz CT molecular complexity index is 551. The predicted octanol–water partition coefficient (Wildman–Crippen LogP) is 2.57. The third kappa shape index (κ3) is 3.99. The molecule has 6 heteroatoms. The van der Waals surface area contributed by atoms with Gasteiger partial charge in [-0.3, -0.25) is 9.48 Å². The normalized spacial score (nSPS) is 10.2. The summed E-state index contributed by atoms with van der Waals surface area (Å²) in [5.41, 5.74) is 0.683. The van der Waals surface area contributed by atoms with Crippen LogP contribution in [0, 0.1) is 0 Å². The monoisotopic (exact) mass is 279 g/mol. The number of carbonyl (C=O) groups excluding carboxylic acids is 1. The van der Waals surface area contributed by atoms with Gasteiger partial charge < -0.3 is 10.1 Å². The molecule has 1 aromatic heterocycles. The van der Waals surface area contributed by atoms with E-state index in [0.717, 1.165) is 6.54 Å². The SMILES string of the molecule is CCn1cc(OCC(=O)Nc2ccc(Cl)cc2)cn1. The summed E-state index contributed by atoms with van der Waals surface area (Å²) in [4.78, 5) is 11.7. The van der Waals surface area contributed by atoms with Crippen LogP contribution in [0.2, 0.25) is 5.02 Å². The largest absolute Gasteiger partial charge is 0.480 e. The van der Waals surface area contributed by atoms with Crippen molar-refractivity contribution in [3.63, 3.8) is 0 Å². The molecular formula is C13H14ClN3O2. The second-order valence-corrected chi connectivity index (χ2v) is 4.31. The molecule has 2 rings (SSSR count). The maximum absolute atomic E-state index is 11.7. The van der Waals surface area contributed by atoms with Crippen molar-refractivity contribution in [2.24, 2.45) is 0 Å². The molecule has 1 amide bonds. The number of hydrogen-bond acceptors (Lipinski definition) is 3. The molecule has 1 heterocycles. The molecule has 1 N–H and O–H groups in total. The molecule has 0 saturated carbocycles. The lowest BCUT2D eigenvalue weighted by Gasteiger charge is -2.05. The van der Waals surface area contributed by atoms with Crippen LogP contribution in [0.15, 0.2) is 36.7 Å². The van der Waals surface area contributed by atoms with Crippen LogP contribution in [0.3, 0.4) is 0 Å². The number of aromatic nitrogens is 2. The molecule has 0 aliphatic carbocycles. The molecule has 0 bridgehead atoms. The van der Waals surface area contributed by atoms with E-state index in [2.05, 4.69) is 10.4 Å². The second kappa shape index (κ2) is 6.24. The molecule has 0 fully saturated rings. The number of halogens is 1. The van der Waals surface area contributed by atoms with E-state index in [1.807, 2.05) is 6.92 Å². The van der Waals surface area contributed by atoms with Crippen LogP contribution >= 0.6 is 11.6 Å². The van der Waals surface area contributed by atoms with Gasteiger partial charge in [0.15, 0.2) is 12.4 Å². The summed E-state index contributed by atoms with van der Waals surface area (Å²) in [7, 11) is 0. The fourth-order valence-corrected chi connectivity index (χ4v) is 1.60. The summed E-state index contributed by atoms with van der Waals surface area (Å²) in [5, 5.41) is 7.39. The van der Waals surface area contributed by atoms with Crippen LogP contribution < -0.4 is 10.1 Å². The van der Waals surface area contributed by atoms with Crippen molar-refractivity contribution in [1.82, 2.24) is 9.78 Å².